The van der Waals surface area contributed by atoms with E-state index in [2.05, 4.69) is 0 Å². The lowest BCUT2D eigenvalue weighted by molar-refractivity contribution is -0.385. The van der Waals surface area contributed by atoms with Gasteiger partial charge in [0.15, 0.2) is 0 Å². The molecule has 0 aromatic heterocycles. The number of benzene rings is 1. The Hall–Kier alpha value is -1.22. The third kappa shape index (κ3) is 3.18. The van der Waals surface area contributed by atoms with Crippen molar-refractivity contribution in [1.29, 1.82) is 0 Å². The molecule has 0 heterocycles. The van der Waals surface area contributed by atoms with Crippen molar-refractivity contribution in [2.45, 2.75) is 30.7 Å². The van der Waals surface area contributed by atoms with Crippen LogP contribution in [0.1, 0.15) is 18.4 Å². The van der Waals surface area contributed by atoms with Gasteiger partial charge in [-0.25, -0.2) is 8.42 Å². The molecule has 1 aliphatic carbocycles. The SMILES string of the molecule is Cc1c(Cl)cc(S(=O)(=O)N(CCO)C2CC2)cc1[N+](=O)[O-]. The molecule has 0 radical (unpaired) electrons. The van der Waals surface area contributed by atoms with Crippen LogP contribution in [0.3, 0.4) is 0 Å². The number of nitrogens with zero attached hydrogens (tertiary/aromatic N) is 2. The molecule has 21 heavy (non-hydrogen) atoms. The summed E-state index contributed by atoms with van der Waals surface area (Å²) >= 11 is 5.91. The van der Waals surface area contributed by atoms with Crippen molar-refractivity contribution in [2.24, 2.45) is 0 Å². The lowest BCUT2D eigenvalue weighted by Gasteiger charge is -2.21. The minimum Gasteiger partial charge on any atom is -0.395 e. The average Bonchev–Trinajstić information content (AvgIpc) is 3.22. The van der Waals surface area contributed by atoms with Gasteiger partial charge in [0, 0.05) is 24.2 Å². The largest absolute Gasteiger partial charge is 0.395 e. The maximum absolute atomic E-state index is 12.6. The maximum atomic E-state index is 12.6. The molecule has 2 rings (SSSR count). The summed E-state index contributed by atoms with van der Waals surface area (Å²) in [5, 5.41) is 20.0. The van der Waals surface area contributed by atoms with Crippen LogP contribution in [0.2, 0.25) is 5.02 Å². The molecule has 0 unspecified atom stereocenters. The fourth-order valence-electron chi connectivity index (χ4n) is 2.07. The second kappa shape index (κ2) is 5.88. The van der Waals surface area contributed by atoms with Crippen LogP contribution in [0.4, 0.5) is 5.69 Å². The van der Waals surface area contributed by atoms with Crippen molar-refractivity contribution in [1.82, 2.24) is 4.31 Å². The molecule has 1 N–H and O–H groups in total. The summed E-state index contributed by atoms with van der Waals surface area (Å²) in [7, 11) is -3.91. The highest BCUT2D eigenvalue weighted by molar-refractivity contribution is 7.89. The zero-order chi connectivity index (χ0) is 15.8. The Morgan fingerprint density at radius 3 is 2.57 bits per heavy atom. The van der Waals surface area contributed by atoms with E-state index < -0.39 is 14.9 Å². The number of aliphatic hydroxyl groups is 1. The van der Waals surface area contributed by atoms with E-state index >= 15 is 0 Å². The number of aliphatic hydroxyl groups excluding tert-OH is 1. The molecule has 0 atom stereocenters. The van der Waals surface area contributed by atoms with Gasteiger partial charge in [-0.05, 0) is 25.8 Å². The Kier molecular flexibility index (Phi) is 4.52. The number of nitro groups is 1. The number of rotatable bonds is 6. The van der Waals surface area contributed by atoms with E-state index in [1.54, 1.807) is 0 Å². The van der Waals surface area contributed by atoms with Crippen molar-refractivity contribution in [3.05, 3.63) is 32.8 Å². The molecule has 116 valence electrons. The summed E-state index contributed by atoms with van der Waals surface area (Å²) in [6.45, 7) is 1.12. The molecule has 1 saturated carbocycles. The molecule has 0 aliphatic heterocycles. The molecule has 1 aromatic rings. The Bertz CT molecular complexity index is 672. The highest BCUT2D eigenvalue weighted by Crippen LogP contribution is 2.35. The molecule has 0 saturated heterocycles. The molecular weight excluding hydrogens is 320 g/mol. The maximum Gasteiger partial charge on any atom is 0.275 e. The van der Waals surface area contributed by atoms with Gasteiger partial charge in [-0.15, -0.1) is 0 Å². The summed E-state index contributed by atoms with van der Waals surface area (Å²) in [4.78, 5) is 10.1. The van der Waals surface area contributed by atoms with Gasteiger partial charge in [-0.1, -0.05) is 11.6 Å². The smallest absolute Gasteiger partial charge is 0.275 e. The fourth-order valence-corrected chi connectivity index (χ4v) is 4.08. The first-order chi connectivity index (χ1) is 9.78. The lowest BCUT2D eigenvalue weighted by atomic mass is 10.2. The second-order valence-corrected chi connectivity index (χ2v) is 7.17. The lowest BCUT2D eigenvalue weighted by Crippen LogP contribution is -2.35. The van der Waals surface area contributed by atoms with Crippen molar-refractivity contribution >= 4 is 27.3 Å². The molecule has 7 nitrogen and oxygen atoms in total. The topological polar surface area (TPSA) is 101 Å². The first-order valence-electron chi connectivity index (χ1n) is 6.36. The van der Waals surface area contributed by atoms with E-state index in [1.165, 1.54) is 17.3 Å². The van der Waals surface area contributed by atoms with Gasteiger partial charge in [0.25, 0.3) is 5.69 Å². The Balaban J connectivity index is 2.51. The zero-order valence-corrected chi connectivity index (χ0v) is 12.9. The van der Waals surface area contributed by atoms with E-state index in [4.69, 9.17) is 16.7 Å². The zero-order valence-electron chi connectivity index (χ0n) is 11.3. The normalized spacial score (nSPS) is 15.4. The Morgan fingerprint density at radius 1 is 1.48 bits per heavy atom. The fraction of sp³-hybridized carbons (Fsp3) is 0.500. The van der Waals surface area contributed by atoms with Gasteiger partial charge in [-0.2, -0.15) is 4.31 Å². The van der Waals surface area contributed by atoms with Gasteiger partial charge in [0.2, 0.25) is 10.0 Å². The van der Waals surface area contributed by atoms with Crippen LogP contribution >= 0.6 is 11.6 Å². The molecule has 0 bridgehead atoms. The number of sulfonamides is 1. The molecule has 0 amide bonds. The van der Waals surface area contributed by atoms with E-state index in [0.717, 1.165) is 18.9 Å². The van der Waals surface area contributed by atoms with Crippen LogP contribution in [0.15, 0.2) is 17.0 Å². The van der Waals surface area contributed by atoms with Crippen molar-refractivity contribution in [3.63, 3.8) is 0 Å². The van der Waals surface area contributed by atoms with E-state index in [-0.39, 0.29) is 40.4 Å². The summed E-state index contributed by atoms with van der Waals surface area (Å²) in [6, 6.07) is 2.08. The first-order valence-corrected chi connectivity index (χ1v) is 8.18. The third-order valence-corrected chi connectivity index (χ3v) is 5.69. The molecule has 9 heteroatoms. The first kappa shape index (κ1) is 16.2. The van der Waals surface area contributed by atoms with E-state index in [9.17, 15) is 18.5 Å². The predicted molar refractivity (Wildman–Crippen MR) is 76.8 cm³/mol. The number of nitro benzene ring substituents is 1. The Morgan fingerprint density at radius 2 is 2.10 bits per heavy atom. The van der Waals surface area contributed by atoms with Gasteiger partial charge < -0.3 is 5.11 Å². The predicted octanol–water partition coefficient (Wildman–Crippen LogP) is 1.70. The van der Waals surface area contributed by atoms with E-state index in [1.807, 2.05) is 0 Å². The number of hydrogen-bond acceptors (Lipinski definition) is 5. The summed E-state index contributed by atoms with van der Waals surface area (Å²) in [6.07, 6.45) is 1.45. The summed E-state index contributed by atoms with van der Waals surface area (Å²) in [5.74, 6) is 0. The van der Waals surface area contributed by atoms with Gasteiger partial charge in [0.05, 0.1) is 21.4 Å². The second-order valence-electron chi connectivity index (χ2n) is 4.88. The van der Waals surface area contributed by atoms with E-state index in [0.29, 0.717) is 0 Å². The van der Waals surface area contributed by atoms with Crippen LogP contribution in [0.25, 0.3) is 0 Å². The summed E-state index contributed by atoms with van der Waals surface area (Å²) < 4.78 is 26.3. The van der Waals surface area contributed by atoms with Gasteiger partial charge in [0.1, 0.15) is 0 Å². The highest BCUT2D eigenvalue weighted by atomic mass is 35.5. The standard InChI is InChI=1S/C12H15ClN2O5S/c1-8-11(13)6-10(7-12(8)15(17)18)21(19,20)14(4-5-16)9-2-3-9/h6-7,9,16H,2-5H2,1H3. The number of halogens is 1. The van der Waals surface area contributed by atoms with Crippen LogP contribution in [0.5, 0.6) is 0 Å². The van der Waals surface area contributed by atoms with Crippen LogP contribution in [-0.4, -0.2) is 41.9 Å². The molecule has 1 aliphatic rings. The van der Waals surface area contributed by atoms with Gasteiger partial charge >= 0.3 is 0 Å². The quantitative estimate of drug-likeness (QED) is 0.630. The minimum absolute atomic E-state index is 0.0301. The molecule has 1 aromatic carbocycles. The van der Waals surface area contributed by atoms with Crippen molar-refractivity contribution in [3.8, 4) is 0 Å². The van der Waals surface area contributed by atoms with Crippen molar-refractivity contribution < 1.29 is 18.4 Å². The minimum atomic E-state index is -3.91. The Labute approximate surface area is 127 Å². The third-order valence-electron chi connectivity index (χ3n) is 3.37. The van der Waals surface area contributed by atoms with Crippen molar-refractivity contribution in [2.75, 3.05) is 13.2 Å². The molecular formula is C12H15ClN2O5S. The van der Waals surface area contributed by atoms with Gasteiger partial charge in [-0.3, -0.25) is 10.1 Å². The number of hydrogen-bond donors (Lipinski definition) is 1. The highest BCUT2D eigenvalue weighted by Gasteiger charge is 2.38. The molecule has 0 spiro atoms. The van der Waals surface area contributed by atoms with Crippen LogP contribution in [0, 0.1) is 17.0 Å². The van der Waals surface area contributed by atoms with Crippen LogP contribution in [-0.2, 0) is 10.0 Å². The average molecular weight is 335 g/mol. The monoisotopic (exact) mass is 334 g/mol. The summed E-state index contributed by atoms with van der Waals surface area (Å²) in [5.41, 5.74) is -0.110. The molecule has 1 fully saturated rings. The van der Waals surface area contributed by atoms with Crippen LogP contribution < -0.4 is 0 Å².